The van der Waals surface area contributed by atoms with Crippen molar-refractivity contribution in [3.63, 3.8) is 0 Å². The van der Waals surface area contributed by atoms with Crippen LogP contribution < -0.4 is 0 Å². The lowest BCUT2D eigenvalue weighted by molar-refractivity contribution is 0.0669. The number of alkyl halides is 2. The molecule has 0 spiro atoms. The molecule has 1 aromatic carbocycles. The van der Waals surface area contributed by atoms with Crippen molar-refractivity contribution in [3.05, 3.63) is 35.1 Å². The second kappa shape index (κ2) is 3.73. The van der Waals surface area contributed by atoms with E-state index in [-0.39, 0.29) is 12.1 Å². The zero-order chi connectivity index (χ0) is 10.9. The molecular formula is C8H3F5O. The number of ketones is 1. The smallest absolute Gasteiger partial charge is 0.287 e. The largest absolute Gasteiger partial charge is 0.300 e. The van der Waals surface area contributed by atoms with Gasteiger partial charge in [-0.15, -0.1) is 0 Å². The first-order valence-electron chi connectivity index (χ1n) is 3.40. The van der Waals surface area contributed by atoms with E-state index in [1.54, 1.807) is 0 Å². The fraction of sp³-hybridized carbons (Fsp3) is 0.125. The van der Waals surface area contributed by atoms with Gasteiger partial charge in [0.1, 0.15) is 17.5 Å². The maximum Gasteiger partial charge on any atom is 0.300 e. The van der Waals surface area contributed by atoms with Crippen molar-refractivity contribution < 1.29 is 26.7 Å². The van der Waals surface area contributed by atoms with Crippen LogP contribution in [0.2, 0.25) is 0 Å². The molecule has 0 saturated heterocycles. The highest BCUT2D eigenvalue weighted by atomic mass is 19.3. The fourth-order valence-corrected chi connectivity index (χ4v) is 0.887. The molecule has 0 amide bonds. The summed E-state index contributed by atoms with van der Waals surface area (Å²) in [6.45, 7) is 0. The van der Waals surface area contributed by atoms with Crippen molar-refractivity contribution in [2.45, 2.75) is 6.43 Å². The van der Waals surface area contributed by atoms with Gasteiger partial charge in [-0.2, -0.15) is 0 Å². The molecule has 0 fully saturated rings. The number of carbonyl (C=O) groups excluding carboxylic acids is 1. The van der Waals surface area contributed by atoms with Gasteiger partial charge in [0.2, 0.25) is 5.78 Å². The third-order valence-corrected chi connectivity index (χ3v) is 1.45. The molecule has 0 aromatic heterocycles. The van der Waals surface area contributed by atoms with Crippen LogP contribution in [0.3, 0.4) is 0 Å². The molecule has 0 N–H and O–H groups in total. The Hall–Kier alpha value is -1.46. The summed E-state index contributed by atoms with van der Waals surface area (Å²) in [4.78, 5) is 10.5. The van der Waals surface area contributed by atoms with E-state index in [1.807, 2.05) is 0 Å². The maximum atomic E-state index is 12.7. The summed E-state index contributed by atoms with van der Waals surface area (Å²) in [6, 6.07) is 0.331. The molecule has 1 nitrogen and oxygen atoms in total. The Kier molecular flexibility index (Phi) is 2.83. The predicted molar refractivity (Wildman–Crippen MR) is 36.7 cm³/mol. The first-order valence-corrected chi connectivity index (χ1v) is 3.40. The monoisotopic (exact) mass is 210 g/mol. The Bertz CT molecular complexity index is 351. The molecule has 76 valence electrons. The Morgan fingerprint density at radius 1 is 1.07 bits per heavy atom. The predicted octanol–water partition coefficient (Wildman–Crippen LogP) is 2.55. The van der Waals surface area contributed by atoms with Gasteiger partial charge in [0.15, 0.2) is 0 Å². The number of benzene rings is 1. The molecule has 0 aliphatic carbocycles. The van der Waals surface area contributed by atoms with E-state index in [0.717, 1.165) is 0 Å². The van der Waals surface area contributed by atoms with E-state index in [0.29, 0.717) is 0 Å². The molecule has 14 heavy (non-hydrogen) atoms. The standard InChI is InChI=1S/C8H3F5O/c9-3-1-4(10)6(5(11)2-3)7(14)8(12)13/h1-2,8H. The second-order valence-electron chi connectivity index (χ2n) is 2.41. The van der Waals surface area contributed by atoms with Gasteiger partial charge < -0.3 is 0 Å². The van der Waals surface area contributed by atoms with E-state index in [9.17, 15) is 26.7 Å². The van der Waals surface area contributed by atoms with Crippen molar-refractivity contribution in [1.82, 2.24) is 0 Å². The molecule has 0 bridgehead atoms. The van der Waals surface area contributed by atoms with Gasteiger partial charge in [-0.25, -0.2) is 22.0 Å². The average molecular weight is 210 g/mol. The lowest BCUT2D eigenvalue weighted by Crippen LogP contribution is -2.14. The summed E-state index contributed by atoms with van der Waals surface area (Å²) in [5.74, 6) is -6.54. The molecule has 0 heterocycles. The van der Waals surface area contributed by atoms with E-state index >= 15 is 0 Å². The Balaban J connectivity index is 3.28. The van der Waals surface area contributed by atoms with Crippen LogP contribution in [-0.4, -0.2) is 12.2 Å². The van der Waals surface area contributed by atoms with Gasteiger partial charge in [0, 0.05) is 12.1 Å². The number of carbonyl (C=O) groups is 1. The zero-order valence-corrected chi connectivity index (χ0v) is 6.53. The average Bonchev–Trinajstić information content (AvgIpc) is 2.01. The zero-order valence-electron chi connectivity index (χ0n) is 6.53. The summed E-state index contributed by atoms with van der Waals surface area (Å²) in [7, 11) is 0. The molecule has 0 unspecified atom stereocenters. The van der Waals surface area contributed by atoms with Gasteiger partial charge in [-0.3, -0.25) is 4.79 Å². The minimum atomic E-state index is -3.52. The minimum Gasteiger partial charge on any atom is -0.287 e. The van der Waals surface area contributed by atoms with Crippen LogP contribution in [0.25, 0.3) is 0 Å². The third kappa shape index (κ3) is 1.89. The normalized spacial score (nSPS) is 10.7. The van der Waals surface area contributed by atoms with Gasteiger partial charge in [-0.1, -0.05) is 0 Å². The quantitative estimate of drug-likeness (QED) is 0.541. The highest BCUT2D eigenvalue weighted by Crippen LogP contribution is 2.17. The van der Waals surface area contributed by atoms with Gasteiger partial charge in [0.25, 0.3) is 0 Å². The summed E-state index contributed by atoms with van der Waals surface area (Å²) in [5, 5.41) is 0. The topological polar surface area (TPSA) is 17.1 Å². The van der Waals surface area contributed by atoms with Crippen LogP contribution in [0.15, 0.2) is 12.1 Å². The van der Waals surface area contributed by atoms with E-state index in [2.05, 4.69) is 0 Å². The Morgan fingerprint density at radius 2 is 1.50 bits per heavy atom. The summed E-state index contributed by atoms with van der Waals surface area (Å²) < 4.78 is 61.3. The SMILES string of the molecule is O=C(c1c(F)cc(F)cc1F)C(F)F. The van der Waals surface area contributed by atoms with Crippen LogP contribution in [0.1, 0.15) is 10.4 Å². The van der Waals surface area contributed by atoms with Crippen LogP contribution in [-0.2, 0) is 0 Å². The maximum absolute atomic E-state index is 12.7. The lowest BCUT2D eigenvalue weighted by atomic mass is 10.1. The molecule has 0 atom stereocenters. The van der Waals surface area contributed by atoms with Crippen molar-refractivity contribution >= 4 is 5.78 Å². The van der Waals surface area contributed by atoms with Crippen molar-refractivity contribution in [2.75, 3.05) is 0 Å². The first kappa shape index (κ1) is 10.6. The molecule has 0 radical (unpaired) electrons. The highest BCUT2D eigenvalue weighted by molar-refractivity contribution is 5.98. The van der Waals surface area contributed by atoms with Crippen LogP contribution in [0.4, 0.5) is 22.0 Å². The summed E-state index contributed by atoms with van der Waals surface area (Å²) >= 11 is 0. The number of rotatable bonds is 2. The minimum absolute atomic E-state index is 0.165. The molecule has 0 aliphatic heterocycles. The lowest BCUT2D eigenvalue weighted by Gasteiger charge is -2.02. The highest BCUT2D eigenvalue weighted by Gasteiger charge is 2.25. The van der Waals surface area contributed by atoms with Gasteiger partial charge in [-0.05, 0) is 0 Å². The number of hydrogen-bond donors (Lipinski definition) is 0. The first-order chi connectivity index (χ1) is 6.43. The van der Waals surface area contributed by atoms with Crippen LogP contribution in [0.5, 0.6) is 0 Å². The number of Topliss-reactive ketones (excluding diaryl/α,β-unsaturated/α-hetero) is 1. The van der Waals surface area contributed by atoms with Crippen LogP contribution in [0, 0.1) is 17.5 Å². The molecule has 6 heteroatoms. The van der Waals surface area contributed by atoms with E-state index in [4.69, 9.17) is 0 Å². The number of hydrogen-bond acceptors (Lipinski definition) is 1. The molecule has 0 aliphatic rings. The third-order valence-electron chi connectivity index (χ3n) is 1.45. The van der Waals surface area contributed by atoms with Gasteiger partial charge in [0.05, 0.1) is 5.56 Å². The molecular weight excluding hydrogens is 207 g/mol. The second-order valence-corrected chi connectivity index (χ2v) is 2.41. The van der Waals surface area contributed by atoms with Gasteiger partial charge >= 0.3 is 6.43 Å². The van der Waals surface area contributed by atoms with Crippen molar-refractivity contribution in [1.29, 1.82) is 0 Å². The van der Waals surface area contributed by atoms with E-state index < -0.39 is 35.2 Å². The fourth-order valence-electron chi connectivity index (χ4n) is 0.887. The molecule has 1 aromatic rings. The number of halogens is 5. The van der Waals surface area contributed by atoms with E-state index in [1.165, 1.54) is 0 Å². The summed E-state index contributed by atoms with van der Waals surface area (Å²) in [5.41, 5.74) is -1.42. The Morgan fingerprint density at radius 3 is 1.86 bits per heavy atom. The summed E-state index contributed by atoms with van der Waals surface area (Å²) in [6.07, 6.45) is -3.52. The van der Waals surface area contributed by atoms with Crippen molar-refractivity contribution in [3.8, 4) is 0 Å². The van der Waals surface area contributed by atoms with Crippen LogP contribution >= 0.6 is 0 Å². The van der Waals surface area contributed by atoms with Crippen molar-refractivity contribution in [2.24, 2.45) is 0 Å². The molecule has 1 rings (SSSR count). The Labute approximate surface area is 75.2 Å². The molecule has 0 saturated carbocycles.